The van der Waals surface area contributed by atoms with Gasteiger partial charge in [-0.25, -0.2) is 4.68 Å². The van der Waals surface area contributed by atoms with Gasteiger partial charge in [0.15, 0.2) is 5.82 Å². The second-order valence-corrected chi connectivity index (χ2v) is 7.61. The zero-order chi connectivity index (χ0) is 21.3. The van der Waals surface area contributed by atoms with E-state index in [0.717, 1.165) is 38.0 Å². The summed E-state index contributed by atoms with van der Waals surface area (Å²) in [5.74, 6) is 0.636. The van der Waals surface area contributed by atoms with Crippen LogP contribution < -0.4 is 10.6 Å². The van der Waals surface area contributed by atoms with E-state index in [9.17, 15) is 14.9 Å². The molecule has 0 aliphatic carbocycles. The van der Waals surface area contributed by atoms with Crippen molar-refractivity contribution in [2.45, 2.75) is 32.6 Å². The normalized spacial score (nSPS) is 16.6. The van der Waals surface area contributed by atoms with Crippen LogP contribution in [0.2, 0.25) is 0 Å². The SMILES string of the molecule is CCCC(=O)NCC1CCCN(CC(=O)Nc2c(C#N)cnn2-c2ccccc2)C1. The number of para-hydroxylation sites is 1. The minimum Gasteiger partial charge on any atom is -0.356 e. The van der Waals surface area contributed by atoms with Gasteiger partial charge in [0.1, 0.15) is 11.6 Å². The number of benzene rings is 1. The third-order valence-corrected chi connectivity index (χ3v) is 5.18. The van der Waals surface area contributed by atoms with Crippen molar-refractivity contribution in [2.75, 3.05) is 31.5 Å². The van der Waals surface area contributed by atoms with Crippen molar-refractivity contribution >= 4 is 17.6 Å². The Kier molecular flexibility index (Phi) is 7.57. The molecule has 1 aliphatic rings. The summed E-state index contributed by atoms with van der Waals surface area (Å²) in [5, 5.41) is 19.5. The van der Waals surface area contributed by atoms with Gasteiger partial charge < -0.3 is 10.6 Å². The molecule has 8 heteroatoms. The van der Waals surface area contributed by atoms with Crippen LogP contribution in [0.3, 0.4) is 0 Å². The Bertz CT molecular complexity index is 902. The molecule has 1 atom stereocenters. The molecule has 1 aliphatic heterocycles. The average Bonchev–Trinajstić information content (AvgIpc) is 3.15. The van der Waals surface area contributed by atoms with Crippen molar-refractivity contribution in [1.82, 2.24) is 20.0 Å². The van der Waals surface area contributed by atoms with Crippen molar-refractivity contribution in [3.63, 3.8) is 0 Å². The fraction of sp³-hybridized carbons (Fsp3) is 0.455. The number of likely N-dealkylation sites (tertiary alicyclic amines) is 1. The van der Waals surface area contributed by atoms with E-state index in [1.165, 1.54) is 6.20 Å². The fourth-order valence-electron chi connectivity index (χ4n) is 3.73. The average molecular weight is 409 g/mol. The first-order valence-corrected chi connectivity index (χ1v) is 10.4. The first-order chi connectivity index (χ1) is 14.6. The van der Waals surface area contributed by atoms with Gasteiger partial charge >= 0.3 is 0 Å². The van der Waals surface area contributed by atoms with Gasteiger partial charge in [0.2, 0.25) is 11.8 Å². The third-order valence-electron chi connectivity index (χ3n) is 5.18. The van der Waals surface area contributed by atoms with Crippen LogP contribution in [0.5, 0.6) is 0 Å². The molecule has 1 aromatic carbocycles. The summed E-state index contributed by atoms with van der Waals surface area (Å²) in [6.07, 6.45) is 4.89. The minimum absolute atomic E-state index is 0.0885. The number of amides is 2. The molecule has 0 bridgehead atoms. The fourth-order valence-corrected chi connectivity index (χ4v) is 3.73. The van der Waals surface area contributed by atoms with E-state index < -0.39 is 0 Å². The minimum atomic E-state index is -0.181. The lowest BCUT2D eigenvalue weighted by Gasteiger charge is -2.32. The molecule has 2 amide bonds. The van der Waals surface area contributed by atoms with Crippen LogP contribution >= 0.6 is 0 Å². The zero-order valence-electron chi connectivity index (χ0n) is 17.3. The van der Waals surface area contributed by atoms with E-state index >= 15 is 0 Å². The molecule has 1 aromatic heterocycles. The highest BCUT2D eigenvalue weighted by molar-refractivity contribution is 5.93. The smallest absolute Gasteiger partial charge is 0.239 e. The number of nitrogens with one attached hydrogen (secondary N) is 2. The van der Waals surface area contributed by atoms with Gasteiger partial charge in [-0.2, -0.15) is 10.4 Å². The van der Waals surface area contributed by atoms with Gasteiger partial charge in [-0.1, -0.05) is 25.1 Å². The van der Waals surface area contributed by atoms with Gasteiger partial charge in [-0.15, -0.1) is 0 Å². The monoisotopic (exact) mass is 408 g/mol. The zero-order valence-corrected chi connectivity index (χ0v) is 17.3. The van der Waals surface area contributed by atoms with Crippen LogP contribution in [0.1, 0.15) is 38.2 Å². The van der Waals surface area contributed by atoms with Gasteiger partial charge in [0.25, 0.3) is 0 Å². The third kappa shape index (κ3) is 5.67. The second-order valence-electron chi connectivity index (χ2n) is 7.61. The van der Waals surface area contributed by atoms with Crippen molar-refractivity contribution in [2.24, 2.45) is 5.92 Å². The molecule has 0 saturated carbocycles. The number of carbonyl (C=O) groups is 2. The maximum atomic E-state index is 12.7. The predicted molar refractivity (Wildman–Crippen MR) is 114 cm³/mol. The molecule has 2 N–H and O–H groups in total. The van der Waals surface area contributed by atoms with Gasteiger partial charge in [0, 0.05) is 19.5 Å². The molecule has 2 aromatic rings. The molecule has 1 unspecified atom stereocenters. The van der Waals surface area contributed by atoms with Crippen LogP contribution in [0.25, 0.3) is 5.69 Å². The number of rotatable bonds is 8. The van der Waals surface area contributed by atoms with Crippen LogP contribution in [-0.4, -0.2) is 52.7 Å². The largest absolute Gasteiger partial charge is 0.356 e. The van der Waals surface area contributed by atoms with E-state index in [0.29, 0.717) is 30.3 Å². The molecule has 0 radical (unpaired) electrons. The molecule has 1 saturated heterocycles. The Hall–Kier alpha value is -3.18. The number of carbonyl (C=O) groups excluding carboxylic acids is 2. The number of hydrogen-bond acceptors (Lipinski definition) is 5. The maximum Gasteiger partial charge on any atom is 0.239 e. The van der Waals surface area contributed by atoms with Crippen LogP contribution in [0.4, 0.5) is 5.82 Å². The predicted octanol–water partition coefficient (Wildman–Crippen LogP) is 2.31. The van der Waals surface area contributed by atoms with Crippen LogP contribution in [-0.2, 0) is 9.59 Å². The molecule has 3 rings (SSSR count). The van der Waals surface area contributed by atoms with E-state index in [1.54, 1.807) is 4.68 Å². The highest BCUT2D eigenvalue weighted by Gasteiger charge is 2.23. The summed E-state index contributed by atoms with van der Waals surface area (Å²) in [6.45, 7) is 4.49. The molecule has 2 heterocycles. The van der Waals surface area contributed by atoms with E-state index in [4.69, 9.17) is 0 Å². The lowest BCUT2D eigenvalue weighted by Crippen LogP contribution is -2.44. The quantitative estimate of drug-likeness (QED) is 0.698. The number of piperidine rings is 1. The van der Waals surface area contributed by atoms with Crippen molar-refractivity contribution in [1.29, 1.82) is 5.26 Å². The number of hydrogen-bond donors (Lipinski definition) is 2. The first-order valence-electron chi connectivity index (χ1n) is 10.4. The Morgan fingerprint density at radius 2 is 2.07 bits per heavy atom. The van der Waals surface area contributed by atoms with Crippen molar-refractivity contribution in [3.05, 3.63) is 42.1 Å². The lowest BCUT2D eigenvalue weighted by molar-refractivity contribution is -0.121. The van der Waals surface area contributed by atoms with Gasteiger partial charge in [0.05, 0.1) is 18.4 Å². The molecule has 1 fully saturated rings. The summed E-state index contributed by atoms with van der Waals surface area (Å²) in [5.41, 5.74) is 1.09. The summed E-state index contributed by atoms with van der Waals surface area (Å²) >= 11 is 0. The lowest BCUT2D eigenvalue weighted by atomic mass is 9.98. The first kappa shape index (κ1) is 21.5. The van der Waals surface area contributed by atoms with Gasteiger partial charge in [-0.05, 0) is 43.9 Å². The Balaban J connectivity index is 1.59. The molecule has 8 nitrogen and oxygen atoms in total. The topological polar surface area (TPSA) is 103 Å². The van der Waals surface area contributed by atoms with E-state index in [2.05, 4.69) is 26.7 Å². The summed E-state index contributed by atoms with van der Waals surface area (Å²) in [6, 6.07) is 11.5. The van der Waals surface area contributed by atoms with Crippen LogP contribution in [0.15, 0.2) is 36.5 Å². The molecular formula is C22H28N6O2. The standard InChI is InChI=1S/C22H28N6O2/c1-2-7-20(29)24-13-17-8-6-11-27(15-17)16-21(30)26-22-18(12-23)14-25-28(22)19-9-4-3-5-10-19/h3-5,9-10,14,17H,2,6-8,11,13,15-16H2,1H3,(H,24,29)(H,26,30). The molecule has 158 valence electrons. The highest BCUT2D eigenvalue weighted by Crippen LogP contribution is 2.20. The van der Waals surface area contributed by atoms with Crippen LogP contribution in [0, 0.1) is 17.2 Å². The Morgan fingerprint density at radius 1 is 1.27 bits per heavy atom. The number of nitrogens with zero attached hydrogens (tertiary/aromatic N) is 4. The molecule has 30 heavy (non-hydrogen) atoms. The van der Waals surface area contributed by atoms with Crippen molar-refractivity contribution in [3.8, 4) is 11.8 Å². The Labute approximate surface area is 176 Å². The number of anilines is 1. The maximum absolute atomic E-state index is 12.7. The summed E-state index contributed by atoms with van der Waals surface area (Å²) in [7, 11) is 0. The number of aromatic nitrogens is 2. The number of nitriles is 1. The van der Waals surface area contributed by atoms with E-state index in [-0.39, 0.29) is 18.4 Å². The van der Waals surface area contributed by atoms with E-state index in [1.807, 2.05) is 37.3 Å². The summed E-state index contributed by atoms with van der Waals surface area (Å²) < 4.78 is 1.57. The highest BCUT2D eigenvalue weighted by atomic mass is 16.2. The van der Waals surface area contributed by atoms with Crippen molar-refractivity contribution < 1.29 is 9.59 Å². The summed E-state index contributed by atoms with van der Waals surface area (Å²) in [4.78, 5) is 26.5. The second kappa shape index (κ2) is 10.6. The Morgan fingerprint density at radius 3 is 2.80 bits per heavy atom. The molecule has 0 spiro atoms. The molecular weight excluding hydrogens is 380 g/mol. The van der Waals surface area contributed by atoms with Gasteiger partial charge in [-0.3, -0.25) is 14.5 Å².